The van der Waals surface area contributed by atoms with E-state index in [1.165, 1.54) is 30.3 Å². The van der Waals surface area contributed by atoms with E-state index >= 15 is 0 Å². The van der Waals surface area contributed by atoms with Gasteiger partial charge in [0, 0.05) is 18.6 Å². The number of hydrogen-bond donors (Lipinski definition) is 1. The second-order valence-electron chi connectivity index (χ2n) is 5.50. The fourth-order valence-electron chi connectivity index (χ4n) is 2.26. The number of nitrogens with zero attached hydrogens (tertiary/aromatic N) is 2. The van der Waals surface area contributed by atoms with Crippen molar-refractivity contribution in [2.24, 2.45) is 0 Å². The van der Waals surface area contributed by atoms with Crippen molar-refractivity contribution in [3.63, 3.8) is 0 Å². The van der Waals surface area contributed by atoms with E-state index in [-0.39, 0.29) is 35.8 Å². The molecule has 9 heteroatoms. The largest absolute Gasteiger partial charge is 0.487 e. The number of rotatable bonds is 8. The molecule has 2 rings (SSSR count). The lowest BCUT2D eigenvalue weighted by molar-refractivity contribution is -0.385. The second kappa shape index (κ2) is 8.56. The summed E-state index contributed by atoms with van der Waals surface area (Å²) in [5, 5.41) is 24.4. The van der Waals surface area contributed by atoms with Crippen molar-refractivity contribution in [1.29, 1.82) is 0 Å². The van der Waals surface area contributed by atoms with Crippen LogP contribution in [0.25, 0.3) is 0 Å². The number of nitro groups is 2. The number of hydrogen-bond acceptors (Lipinski definition) is 6. The third-order valence-electron chi connectivity index (χ3n) is 3.49. The molecule has 0 atom stereocenters. The molecule has 0 aliphatic rings. The molecule has 0 unspecified atom stereocenters. The molecule has 0 aliphatic carbocycles. The summed E-state index contributed by atoms with van der Waals surface area (Å²) in [6.45, 7) is 1.83. The lowest BCUT2D eigenvalue weighted by Crippen LogP contribution is -2.14. The first kappa shape index (κ1) is 18.8. The standard InChI is InChI=1S/C17H17N3O6/c1-12-8-9-13(15(11-12)20(24)25)18-17(21)7-4-10-26-16-6-3-2-5-14(16)19(22)23/h2-3,5-6,8-9,11H,4,7,10H2,1H3,(H,18,21). The molecule has 0 bridgehead atoms. The van der Waals surface area contributed by atoms with Gasteiger partial charge < -0.3 is 10.1 Å². The Labute approximate surface area is 148 Å². The predicted molar refractivity (Wildman–Crippen MR) is 94.3 cm³/mol. The molecular weight excluding hydrogens is 342 g/mol. The maximum absolute atomic E-state index is 12.0. The average Bonchev–Trinajstić information content (AvgIpc) is 2.60. The van der Waals surface area contributed by atoms with Crippen molar-refractivity contribution in [3.8, 4) is 5.75 Å². The van der Waals surface area contributed by atoms with Gasteiger partial charge >= 0.3 is 5.69 Å². The molecule has 26 heavy (non-hydrogen) atoms. The van der Waals surface area contributed by atoms with Gasteiger partial charge in [-0.05, 0) is 31.0 Å². The summed E-state index contributed by atoms with van der Waals surface area (Å²) in [6, 6.07) is 10.5. The first-order valence-corrected chi connectivity index (χ1v) is 7.79. The van der Waals surface area contributed by atoms with Crippen molar-refractivity contribution in [2.75, 3.05) is 11.9 Å². The first-order valence-electron chi connectivity index (χ1n) is 7.79. The number of nitro benzene ring substituents is 2. The van der Waals surface area contributed by atoms with Crippen LogP contribution >= 0.6 is 0 Å². The number of carbonyl (C=O) groups excluding carboxylic acids is 1. The van der Waals surface area contributed by atoms with Gasteiger partial charge in [-0.1, -0.05) is 18.2 Å². The molecular formula is C17H17N3O6. The number of anilines is 1. The Morgan fingerprint density at radius 3 is 2.46 bits per heavy atom. The number of amides is 1. The Balaban J connectivity index is 1.87. The number of benzene rings is 2. The van der Waals surface area contributed by atoms with Crippen LogP contribution in [-0.4, -0.2) is 22.4 Å². The lowest BCUT2D eigenvalue weighted by Gasteiger charge is -2.08. The summed E-state index contributed by atoms with van der Waals surface area (Å²) >= 11 is 0. The monoisotopic (exact) mass is 359 g/mol. The van der Waals surface area contributed by atoms with Gasteiger partial charge in [0.2, 0.25) is 5.91 Å². The maximum atomic E-state index is 12.0. The van der Waals surface area contributed by atoms with Gasteiger partial charge in [-0.15, -0.1) is 0 Å². The Bertz CT molecular complexity index is 837. The fourth-order valence-corrected chi connectivity index (χ4v) is 2.26. The second-order valence-corrected chi connectivity index (χ2v) is 5.50. The van der Waals surface area contributed by atoms with Crippen molar-refractivity contribution in [1.82, 2.24) is 0 Å². The molecule has 0 aromatic heterocycles. The van der Waals surface area contributed by atoms with E-state index in [9.17, 15) is 25.0 Å². The molecule has 0 radical (unpaired) electrons. The first-order chi connectivity index (χ1) is 12.4. The van der Waals surface area contributed by atoms with Crippen LogP contribution in [0.5, 0.6) is 5.75 Å². The minimum Gasteiger partial charge on any atom is -0.487 e. The molecule has 2 aromatic rings. The van der Waals surface area contributed by atoms with E-state index in [1.54, 1.807) is 19.1 Å². The van der Waals surface area contributed by atoms with E-state index in [0.717, 1.165) is 0 Å². The molecule has 0 fully saturated rings. The van der Waals surface area contributed by atoms with Crippen LogP contribution in [0, 0.1) is 27.2 Å². The molecule has 0 spiro atoms. The molecule has 0 saturated heterocycles. The summed E-state index contributed by atoms with van der Waals surface area (Å²) < 4.78 is 5.35. The van der Waals surface area contributed by atoms with E-state index < -0.39 is 15.8 Å². The molecule has 136 valence electrons. The van der Waals surface area contributed by atoms with Crippen LogP contribution in [0.3, 0.4) is 0 Å². The van der Waals surface area contributed by atoms with Gasteiger partial charge in [0.25, 0.3) is 5.69 Å². The SMILES string of the molecule is Cc1ccc(NC(=O)CCCOc2ccccc2[N+](=O)[O-])c([N+](=O)[O-])c1. The quantitative estimate of drug-likeness (QED) is 0.436. The normalized spacial score (nSPS) is 10.2. The van der Waals surface area contributed by atoms with Gasteiger partial charge in [-0.2, -0.15) is 0 Å². The van der Waals surface area contributed by atoms with Crippen LogP contribution in [0.4, 0.5) is 17.1 Å². The lowest BCUT2D eigenvalue weighted by atomic mass is 10.2. The van der Waals surface area contributed by atoms with Gasteiger partial charge in [0.1, 0.15) is 5.69 Å². The molecule has 0 aliphatic heterocycles. The zero-order valence-corrected chi connectivity index (χ0v) is 14.0. The van der Waals surface area contributed by atoms with Crippen molar-refractivity contribution < 1.29 is 19.4 Å². The number of para-hydroxylation sites is 2. The Kier molecular flexibility index (Phi) is 6.20. The van der Waals surface area contributed by atoms with Crippen LogP contribution in [0.15, 0.2) is 42.5 Å². The molecule has 0 saturated carbocycles. The molecule has 2 aromatic carbocycles. The summed E-state index contributed by atoms with van der Waals surface area (Å²) in [7, 11) is 0. The Hall–Kier alpha value is -3.49. The summed E-state index contributed by atoms with van der Waals surface area (Å²) in [6.07, 6.45) is 0.364. The highest BCUT2D eigenvalue weighted by Gasteiger charge is 2.16. The van der Waals surface area contributed by atoms with Crippen molar-refractivity contribution in [3.05, 3.63) is 68.3 Å². The summed E-state index contributed by atoms with van der Waals surface area (Å²) in [5.41, 5.74) is 0.527. The zero-order chi connectivity index (χ0) is 19.1. The Morgan fingerprint density at radius 1 is 1.08 bits per heavy atom. The molecule has 1 N–H and O–H groups in total. The number of aryl methyl sites for hydroxylation is 1. The molecule has 1 amide bonds. The van der Waals surface area contributed by atoms with E-state index in [1.807, 2.05) is 0 Å². The van der Waals surface area contributed by atoms with Crippen LogP contribution < -0.4 is 10.1 Å². The molecule has 9 nitrogen and oxygen atoms in total. The van der Waals surface area contributed by atoms with Gasteiger partial charge in [0.05, 0.1) is 16.5 Å². The number of ether oxygens (including phenoxy) is 1. The van der Waals surface area contributed by atoms with Gasteiger partial charge in [-0.3, -0.25) is 25.0 Å². The van der Waals surface area contributed by atoms with E-state index in [2.05, 4.69) is 5.32 Å². The van der Waals surface area contributed by atoms with Crippen molar-refractivity contribution in [2.45, 2.75) is 19.8 Å². The van der Waals surface area contributed by atoms with E-state index in [4.69, 9.17) is 4.74 Å². The summed E-state index contributed by atoms with van der Waals surface area (Å²) in [4.78, 5) is 32.8. The number of carbonyl (C=O) groups is 1. The van der Waals surface area contributed by atoms with E-state index in [0.29, 0.717) is 12.0 Å². The minimum atomic E-state index is -0.555. The van der Waals surface area contributed by atoms with Gasteiger partial charge in [0.15, 0.2) is 5.75 Å². The third-order valence-corrected chi connectivity index (χ3v) is 3.49. The third kappa shape index (κ3) is 5.00. The predicted octanol–water partition coefficient (Wildman–Crippen LogP) is 3.61. The molecule has 0 heterocycles. The van der Waals surface area contributed by atoms with Gasteiger partial charge in [-0.25, -0.2) is 0 Å². The average molecular weight is 359 g/mol. The smallest absolute Gasteiger partial charge is 0.310 e. The zero-order valence-electron chi connectivity index (χ0n) is 14.0. The van der Waals surface area contributed by atoms with Crippen LogP contribution in [-0.2, 0) is 4.79 Å². The minimum absolute atomic E-state index is 0.0612. The highest BCUT2D eigenvalue weighted by molar-refractivity contribution is 5.93. The fraction of sp³-hybridized carbons (Fsp3) is 0.235. The highest BCUT2D eigenvalue weighted by atomic mass is 16.6. The van der Waals surface area contributed by atoms with Crippen LogP contribution in [0.1, 0.15) is 18.4 Å². The topological polar surface area (TPSA) is 125 Å². The Morgan fingerprint density at radius 2 is 1.77 bits per heavy atom. The maximum Gasteiger partial charge on any atom is 0.310 e. The van der Waals surface area contributed by atoms with Crippen LogP contribution in [0.2, 0.25) is 0 Å². The highest BCUT2D eigenvalue weighted by Crippen LogP contribution is 2.27. The van der Waals surface area contributed by atoms with Crippen molar-refractivity contribution >= 4 is 23.0 Å². The number of nitrogens with one attached hydrogen (secondary N) is 1. The summed E-state index contributed by atoms with van der Waals surface area (Å²) in [5.74, 6) is -0.268.